The van der Waals surface area contributed by atoms with Crippen LogP contribution >= 0.6 is 0 Å². The molecule has 0 fully saturated rings. The van der Waals surface area contributed by atoms with E-state index in [4.69, 9.17) is 11.0 Å². The highest BCUT2D eigenvalue weighted by atomic mass is 16.3. The van der Waals surface area contributed by atoms with Crippen molar-refractivity contribution in [1.29, 1.82) is 5.26 Å². The molecule has 3 N–H and O–H groups in total. The van der Waals surface area contributed by atoms with Gasteiger partial charge in [0.1, 0.15) is 0 Å². The lowest BCUT2D eigenvalue weighted by Crippen LogP contribution is -2.39. The monoisotopic (exact) mass is 190 g/mol. The van der Waals surface area contributed by atoms with Crippen LogP contribution in [0.1, 0.15) is 31.1 Å². The maximum Gasteiger partial charge on any atom is 0.0991 e. The van der Waals surface area contributed by atoms with E-state index in [2.05, 4.69) is 0 Å². The molecule has 0 aromatic heterocycles. The van der Waals surface area contributed by atoms with Gasteiger partial charge in [-0.2, -0.15) is 5.26 Å². The second-order valence-electron chi connectivity index (χ2n) is 3.96. The molecular formula is C11H14N2O. The molecule has 0 saturated heterocycles. The molecule has 1 aromatic rings. The van der Waals surface area contributed by atoms with Crippen LogP contribution in [0.5, 0.6) is 0 Å². The average molecular weight is 190 g/mol. The van der Waals surface area contributed by atoms with Crippen molar-refractivity contribution in [3.05, 3.63) is 35.4 Å². The van der Waals surface area contributed by atoms with Crippen LogP contribution in [0.25, 0.3) is 0 Å². The van der Waals surface area contributed by atoms with Crippen LogP contribution in [0, 0.1) is 11.3 Å². The Balaban J connectivity index is 3.03. The molecule has 14 heavy (non-hydrogen) atoms. The van der Waals surface area contributed by atoms with Gasteiger partial charge in [-0.15, -0.1) is 0 Å². The predicted molar refractivity (Wildman–Crippen MR) is 54.4 cm³/mol. The maximum absolute atomic E-state index is 9.84. The molecule has 0 saturated carbocycles. The lowest BCUT2D eigenvalue weighted by atomic mass is 9.92. The summed E-state index contributed by atoms with van der Waals surface area (Å²) in [6.45, 7) is 3.49. The molecule has 0 bridgehead atoms. The molecule has 0 amide bonds. The Kier molecular flexibility index (Phi) is 2.90. The van der Waals surface area contributed by atoms with Crippen molar-refractivity contribution in [3.8, 4) is 6.07 Å². The summed E-state index contributed by atoms with van der Waals surface area (Å²) in [5.74, 6) is 0. The summed E-state index contributed by atoms with van der Waals surface area (Å²) in [4.78, 5) is 0. The van der Waals surface area contributed by atoms with E-state index in [1.807, 2.05) is 6.07 Å². The molecule has 0 aliphatic heterocycles. The van der Waals surface area contributed by atoms with Crippen LogP contribution in [-0.2, 0) is 0 Å². The van der Waals surface area contributed by atoms with Crippen LogP contribution in [0.15, 0.2) is 24.3 Å². The van der Waals surface area contributed by atoms with Crippen LogP contribution in [0.2, 0.25) is 0 Å². The number of hydrogen-bond acceptors (Lipinski definition) is 3. The summed E-state index contributed by atoms with van der Waals surface area (Å²) in [6, 6.07) is 8.87. The zero-order chi connectivity index (χ0) is 10.8. The summed E-state index contributed by atoms with van der Waals surface area (Å²) in [5, 5.41) is 18.5. The second-order valence-corrected chi connectivity index (χ2v) is 3.96. The fourth-order valence-electron chi connectivity index (χ4n) is 1.21. The Labute approximate surface area is 83.8 Å². The minimum Gasteiger partial charge on any atom is -0.387 e. The SMILES string of the molecule is CC(C)(N)C(O)c1cccc(C#N)c1. The lowest BCUT2D eigenvalue weighted by molar-refractivity contribution is 0.104. The molecular weight excluding hydrogens is 176 g/mol. The number of rotatable bonds is 2. The van der Waals surface area contributed by atoms with Crippen LogP contribution < -0.4 is 5.73 Å². The molecule has 1 unspecified atom stereocenters. The van der Waals surface area contributed by atoms with Crippen LogP contribution in [0.4, 0.5) is 0 Å². The van der Waals surface area contributed by atoms with Crippen LogP contribution in [0.3, 0.4) is 0 Å². The van der Waals surface area contributed by atoms with Gasteiger partial charge in [-0.1, -0.05) is 12.1 Å². The maximum atomic E-state index is 9.84. The van der Waals surface area contributed by atoms with Gasteiger partial charge in [-0.3, -0.25) is 0 Å². The Hall–Kier alpha value is -1.37. The molecule has 0 radical (unpaired) electrons. The summed E-state index contributed by atoms with van der Waals surface area (Å²) in [5.41, 5.74) is 6.28. The van der Waals surface area contributed by atoms with Crippen molar-refractivity contribution >= 4 is 0 Å². The van der Waals surface area contributed by atoms with Crippen molar-refractivity contribution < 1.29 is 5.11 Å². The molecule has 1 aromatic carbocycles. The third kappa shape index (κ3) is 2.32. The topological polar surface area (TPSA) is 70.0 Å². The highest BCUT2D eigenvalue weighted by molar-refractivity contribution is 5.34. The summed E-state index contributed by atoms with van der Waals surface area (Å²) < 4.78 is 0. The minimum absolute atomic E-state index is 0.533. The fraction of sp³-hybridized carbons (Fsp3) is 0.364. The average Bonchev–Trinajstić information content (AvgIpc) is 2.15. The molecule has 74 valence electrons. The zero-order valence-corrected chi connectivity index (χ0v) is 8.36. The summed E-state index contributed by atoms with van der Waals surface area (Å²) in [7, 11) is 0. The minimum atomic E-state index is -0.754. The van der Waals surface area contributed by atoms with Crippen molar-refractivity contribution in [1.82, 2.24) is 0 Å². The van der Waals surface area contributed by atoms with Gasteiger partial charge < -0.3 is 10.8 Å². The highest BCUT2D eigenvalue weighted by Gasteiger charge is 2.24. The van der Waals surface area contributed by atoms with E-state index in [1.54, 1.807) is 38.1 Å². The van der Waals surface area contributed by atoms with Gasteiger partial charge in [0, 0.05) is 5.54 Å². The number of nitrogens with zero attached hydrogens (tertiary/aromatic N) is 1. The first-order chi connectivity index (χ1) is 6.45. The summed E-state index contributed by atoms with van der Waals surface area (Å²) >= 11 is 0. The van der Waals surface area contributed by atoms with Gasteiger partial charge in [0.25, 0.3) is 0 Å². The first-order valence-electron chi connectivity index (χ1n) is 4.42. The first kappa shape index (κ1) is 10.7. The van der Waals surface area contributed by atoms with E-state index in [9.17, 15) is 5.11 Å². The smallest absolute Gasteiger partial charge is 0.0991 e. The van der Waals surface area contributed by atoms with E-state index in [-0.39, 0.29) is 0 Å². The Morgan fingerprint density at radius 2 is 2.14 bits per heavy atom. The van der Waals surface area contributed by atoms with Gasteiger partial charge in [0.2, 0.25) is 0 Å². The standard InChI is InChI=1S/C11H14N2O/c1-11(2,13)10(14)9-5-3-4-8(6-9)7-12/h3-6,10,14H,13H2,1-2H3. The zero-order valence-electron chi connectivity index (χ0n) is 8.36. The molecule has 0 heterocycles. The summed E-state index contributed by atoms with van der Waals surface area (Å²) in [6.07, 6.45) is -0.754. The normalized spacial score (nSPS) is 13.4. The van der Waals surface area contributed by atoms with Crippen molar-refractivity contribution in [3.63, 3.8) is 0 Å². The largest absolute Gasteiger partial charge is 0.387 e. The number of benzene rings is 1. The highest BCUT2D eigenvalue weighted by Crippen LogP contribution is 2.23. The molecule has 3 nitrogen and oxygen atoms in total. The lowest BCUT2D eigenvalue weighted by Gasteiger charge is -2.26. The number of aliphatic hydroxyl groups is 1. The van der Waals surface area contributed by atoms with E-state index in [1.165, 1.54) is 0 Å². The second kappa shape index (κ2) is 3.79. The van der Waals surface area contributed by atoms with Gasteiger partial charge in [0.05, 0.1) is 17.7 Å². The fourth-order valence-corrected chi connectivity index (χ4v) is 1.21. The number of nitrogens with two attached hydrogens (primary N) is 1. The molecule has 0 aliphatic carbocycles. The quantitative estimate of drug-likeness (QED) is 0.739. The van der Waals surface area contributed by atoms with E-state index in [0.29, 0.717) is 11.1 Å². The molecule has 1 rings (SSSR count). The Bertz CT molecular complexity index is 360. The Morgan fingerprint density at radius 1 is 1.50 bits per heavy atom. The Morgan fingerprint density at radius 3 is 2.64 bits per heavy atom. The predicted octanol–water partition coefficient (Wildman–Crippen LogP) is 1.33. The third-order valence-corrected chi connectivity index (χ3v) is 2.04. The van der Waals surface area contributed by atoms with E-state index < -0.39 is 11.6 Å². The van der Waals surface area contributed by atoms with Gasteiger partial charge in [-0.25, -0.2) is 0 Å². The van der Waals surface area contributed by atoms with Gasteiger partial charge >= 0.3 is 0 Å². The number of aliphatic hydroxyl groups excluding tert-OH is 1. The number of nitriles is 1. The van der Waals surface area contributed by atoms with Gasteiger partial charge in [0.15, 0.2) is 0 Å². The molecule has 0 aliphatic rings. The van der Waals surface area contributed by atoms with Crippen molar-refractivity contribution in [2.45, 2.75) is 25.5 Å². The van der Waals surface area contributed by atoms with Crippen molar-refractivity contribution in [2.24, 2.45) is 5.73 Å². The third-order valence-electron chi connectivity index (χ3n) is 2.04. The van der Waals surface area contributed by atoms with Crippen LogP contribution in [-0.4, -0.2) is 10.6 Å². The van der Waals surface area contributed by atoms with Crippen molar-refractivity contribution in [2.75, 3.05) is 0 Å². The molecule has 3 heteroatoms. The van der Waals surface area contributed by atoms with E-state index in [0.717, 1.165) is 0 Å². The first-order valence-corrected chi connectivity index (χ1v) is 4.42. The molecule has 0 spiro atoms. The number of hydrogen-bond donors (Lipinski definition) is 2. The molecule has 1 atom stereocenters. The van der Waals surface area contributed by atoms with Gasteiger partial charge in [-0.05, 0) is 31.5 Å². The van der Waals surface area contributed by atoms with E-state index >= 15 is 0 Å².